The summed E-state index contributed by atoms with van der Waals surface area (Å²) < 4.78 is 5.83. The fraction of sp³-hybridized carbons (Fsp3) is 0.0833. The van der Waals surface area contributed by atoms with Crippen molar-refractivity contribution in [1.82, 2.24) is 15.3 Å². The first-order chi connectivity index (χ1) is 15.9. The molecule has 0 unspecified atom stereocenters. The van der Waals surface area contributed by atoms with E-state index in [1.54, 1.807) is 18.2 Å². The van der Waals surface area contributed by atoms with E-state index >= 15 is 0 Å². The molecule has 0 saturated carbocycles. The molecule has 164 valence electrons. The molecule has 1 aliphatic heterocycles. The maximum Gasteiger partial charge on any atom is 0.270 e. The van der Waals surface area contributed by atoms with Gasteiger partial charge in [0.05, 0.1) is 16.7 Å². The van der Waals surface area contributed by atoms with Gasteiger partial charge in [-0.3, -0.25) is 19.8 Å². The smallest absolute Gasteiger partial charge is 0.270 e. The lowest BCUT2D eigenvalue weighted by Gasteiger charge is -2.29. The van der Waals surface area contributed by atoms with Crippen molar-refractivity contribution in [2.24, 2.45) is 0 Å². The van der Waals surface area contributed by atoms with E-state index in [9.17, 15) is 9.59 Å². The Morgan fingerprint density at radius 3 is 2.67 bits per heavy atom. The van der Waals surface area contributed by atoms with Crippen LogP contribution in [0.1, 0.15) is 16.9 Å². The number of carbonyl (C=O) groups is 2. The Kier molecular flexibility index (Phi) is 5.35. The lowest BCUT2D eigenvalue weighted by Crippen LogP contribution is -2.54. The van der Waals surface area contributed by atoms with Gasteiger partial charge in [-0.05, 0) is 91.4 Å². The summed E-state index contributed by atoms with van der Waals surface area (Å²) in [6.45, 7) is 3.94. The number of fused-ring (bicyclic) bond motifs is 1. The summed E-state index contributed by atoms with van der Waals surface area (Å²) in [5.74, 6) is -0.692. The summed E-state index contributed by atoms with van der Waals surface area (Å²) in [4.78, 5) is 34.8. The molecule has 4 aromatic rings. The SMILES string of the molecule is Cc1ccc(N2C(=O)/C(=C/c3ccc(Sc4nc5ccccc5[nH]4)o3)C(=O)NC2=S)cc1C. The highest BCUT2D eigenvalue weighted by Gasteiger charge is 2.34. The molecule has 0 radical (unpaired) electrons. The Morgan fingerprint density at radius 2 is 1.88 bits per heavy atom. The number of hydrogen-bond donors (Lipinski definition) is 2. The van der Waals surface area contributed by atoms with Crippen molar-refractivity contribution in [3.05, 3.63) is 77.1 Å². The zero-order valence-corrected chi connectivity index (χ0v) is 19.3. The van der Waals surface area contributed by atoms with Crippen LogP contribution in [0.25, 0.3) is 17.1 Å². The number of thiocarbonyl (C=S) groups is 1. The van der Waals surface area contributed by atoms with Gasteiger partial charge in [-0.2, -0.15) is 0 Å². The minimum atomic E-state index is -0.562. The summed E-state index contributed by atoms with van der Waals surface area (Å²) in [6, 6.07) is 16.8. The van der Waals surface area contributed by atoms with E-state index in [0.29, 0.717) is 21.7 Å². The van der Waals surface area contributed by atoms with E-state index in [1.165, 1.54) is 22.7 Å². The molecule has 5 rings (SSSR count). The van der Waals surface area contributed by atoms with Crippen molar-refractivity contribution in [3.8, 4) is 0 Å². The Balaban J connectivity index is 1.41. The molecule has 2 aromatic heterocycles. The molecule has 0 aliphatic carbocycles. The van der Waals surface area contributed by atoms with Crippen LogP contribution < -0.4 is 10.2 Å². The number of aromatic amines is 1. The quantitative estimate of drug-likeness (QED) is 0.252. The number of rotatable bonds is 4. The monoisotopic (exact) mass is 474 g/mol. The number of carbonyl (C=O) groups excluding carboxylic acids is 2. The minimum Gasteiger partial charge on any atom is -0.450 e. The molecule has 0 bridgehead atoms. The summed E-state index contributed by atoms with van der Waals surface area (Å²) in [5, 5.41) is 3.90. The first-order valence-electron chi connectivity index (χ1n) is 10.1. The zero-order valence-electron chi connectivity index (χ0n) is 17.7. The third-order valence-electron chi connectivity index (χ3n) is 5.30. The summed E-state index contributed by atoms with van der Waals surface area (Å²) in [5.41, 5.74) is 4.44. The predicted molar refractivity (Wildman–Crippen MR) is 131 cm³/mol. The van der Waals surface area contributed by atoms with Crippen LogP contribution in [0, 0.1) is 13.8 Å². The fourth-order valence-corrected chi connectivity index (χ4v) is 4.49. The van der Waals surface area contributed by atoms with Crippen LogP contribution in [-0.2, 0) is 9.59 Å². The van der Waals surface area contributed by atoms with Crippen LogP contribution in [0.15, 0.2) is 74.8 Å². The number of aromatic nitrogens is 2. The van der Waals surface area contributed by atoms with Gasteiger partial charge in [-0.1, -0.05) is 18.2 Å². The number of amides is 2. The molecule has 7 nitrogen and oxygen atoms in total. The number of aryl methyl sites for hydroxylation is 2. The molecular formula is C24H18N4O3S2. The maximum atomic E-state index is 13.2. The van der Waals surface area contributed by atoms with Crippen LogP contribution in [0.2, 0.25) is 0 Å². The second-order valence-electron chi connectivity index (χ2n) is 7.54. The first kappa shape index (κ1) is 21.2. The van der Waals surface area contributed by atoms with Crippen molar-refractivity contribution < 1.29 is 14.0 Å². The van der Waals surface area contributed by atoms with Gasteiger partial charge in [0.25, 0.3) is 11.8 Å². The van der Waals surface area contributed by atoms with Crippen LogP contribution in [0.5, 0.6) is 0 Å². The highest BCUT2D eigenvalue weighted by molar-refractivity contribution is 7.99. The fourth-order valence-electron chi connectivity index (χ4n) is 3.44. The number of furan rings is 1. The van der Waals surface area contributed by atoms with Gasteiger partial charge < -0.3 is 9.40 Å². The van der Waals surface area contributed by atoms with Crippen molar-refractivity contribution in [2.45, 2.75) is 24.1 Å². The zero-order chi connectivity index (χ0) is 23.1. The summed E-state index contributed by atoms with van der Waals surface area (Å²) in [6.07, 6.45) is 1.43. The van der Waals surface area contributed by atoms with Gasteiger partial charge in [0.1, 0.15) is 11.3 Å². The number of hydrogen-bond acceptors (Lipinski definition) is 6. The molecule has 0 spiro atoms. The van der Waals surface area contributed by atoms with Crippen LogP contribution in [-0.4, -0.2) is 26.9 Å². The number of anilines is 1. The lowest BCUT2D eigenvalue weighted by molar-refractivity contribution is -0.122. The van der Waals surface area contributed by atoms with Gasteiger partial charge in [-0.25, -0.2) is 4.98 Å². The molecule has 1 fully saturated rings. The number of nitrogens with one attached hydrogen (secondary N) is 2. The third-order valence-corrected chi connectivity index (χ3v) is 6.40. The van der Waals surface area contributed by atoms with E-state index in [0.717, 1.165) is 22.2 Å². The standard InChI is InChI=1S/C24H18N4O3S2/c1-13-7-8-15(11-14(13)2)28-22(30)17(21(29)27-24(28)32)12-16-9-10-20(31-16)33-23-25-18-5-3-4-6-19(18)26-23/h3-12H,1-2H3,(H,25,26)(H,27,29,32)/b17-12+. The number of nitrogens with zero attached hydrogens (tertiary/aromatic N) is 2. The van der Waals surface area contributed by atoms with Crippen molar-refractivity contribution in [2.75, 3.05) is 4.90 Å². The number of benzene rings is 2. The second-order valence-corrected chi connectivity index (χ2v) is 8.92. The van der Waals surface area contributed by atoms with E-state index in [-0.39, 0.29) is 10.7 Å². The molecule has 1 saturated heterocycles. The maximum absolute atomic E-state index is 13.2. The van der Waals surface area contributed by atoms with Gasteiger partial charge in [-0.15, -0.1) is 0 Å². The Labute approximate surface area is 198 Å². The second kappa shape index (κ2) is 8.34. The Morgan fingerprint density at radius 1 is 1.06 bits per heavy atom. The molecule has 2 amide bonds. The average Bonchev–Trinajstić information content (AvgIpc) is 3.39. The lowest BCUT2D eigenvalue weighted by atomic mass is 10.1. The molecule has 2 N–H and O–H groups in total. The van der Waals surface area contributed by atoms with Gasteiger partial charge in [0.15, 0.2) is 15.4 Å². The highest BCUT2D eigenvalue weighted by Crippen LogP contribution is 2.30. The van der Waals surface area contributed by atoms with E-state index in [1.807, 2.05) is 50.2 Å². The van der Waals surface area contributed by atoms with Gasteiger partial charge in [0.2, 0.25) is 0 Å². The summed E-state index contributed by atoms with van der Waals surface area (Å²) >= 11 is 6.59. The van der Waals surface area contributed by atoms with E-state index in [4.69, 9.17) is 16.6 Å². The first-order valence-corrected chi connectivity index (χ1v) is 11.3. The topological polar surface area (TPSA) is 91.2 Å². The van der Waals surface area contributed by atoms with Crippen LogP contribution in [0.3, 0.4) is 0 Å². The molecule has 2 aromatic carbocycles. The number of H-pyrrole nitrogens is 1. The van der Waals surface area contributed by atoms with E-state index < -0.39 is 11.8 Å². The van der Waals surface area contributed by atoms with E-state index in [2.05, 4.69) is 15.3 Å². The summed E-state index contributed by atoms with van der Waals surface area (Å²) in [7, 11) is 0. The van der Waals surface area contributed by atoms with Crippen LogP contribution in [0.4, 0.5) is 5.69 Å². The average molecular weight is 475 g/mol. The van der Waals surface area contributed by atoms with Crippen molar-refractivity contribution in [1.29, 1.82) is 0 Å². The molecule has 9 heteroatoms. The van der Waals surface area contributed by atoms with Gasteiger partial charge in [0, 0.05) is 0 Å². The number of para-hydroxylation sites is 2. The normalized spacial score (nSPS) is 15.5. The minimum absolute atomic E-state index is 0.0472. The molecule has 3 heterocycles. The highest BCUT2D eigenvalue weighted by atomic mass is 32.2. The largest absolute Gasteiger partial charge is 0.450 e. The molecule has 1 aliphatic rings. The van der Waals surface area contributed by atoms with Crippen LogP contribution >= 0.6 is 24.0 Å². The van der Waals surface area contributed by atoms with Crippen molar-refractivity contribution in [3.63, 3.8) is 0 Å². The number of imidazole rings is 1. The Bertz CT molecular complexity index is 1430. The third kappa shape index (κ3) is 4.08. The molecule has 0 atom stereocenters. The predicted octanol–water partition coefficient (Wildman–Crippen LogP) is 4.76. The van der Waals surface area contributed by atoms with Gasteiger partial charge >= 0.3 is 0 Å². The Hall–Kier alpha value is -3.69. The van der Waals surface area contributed by atoms with Crippen molar-refractivity contribution >= 4 is 63.7 Å². The molecular weight excluding hydrogens is 456 g/mol. The molecule has 33 heavy (non-hydrogen) atoms.